The Morgan fingerprint density at radius 3 is 2.46 bits per heavy atom. The molecule has 0 N–H and O–H groups in total. The maximum absolute atomic E-state index is 12.2. The zero-order valence-corrected chi connectivity index (χ0v) is 16.9. The van der Waals surface area contributed by atoms with Crippen molar-refractivity contribution in [3.8, 4) is 5.75 Å². The van der Waals surface area contributed by atoms with Crippen molar-refractivity contribution in [2.45, 2.75) is 45.9 Å². The Hall–Kier alpha value is -1.95. The number of thioether (sulfide) groups is 1. The first-order valence-corrected chi connectivity index (χ1v) is 10.3. The van der Waals surface area contributed by atoms with Gasteiger partial charge in [-0.3, -0.25) is 4.79 Å². The first-order chi connectivity index (χ1) is 13.3. The molecule has 152 valence electrons. The summed E-state index contributed by atoms with van der Waals surface area (Å²) in [4.78, 5) is 13.5. The number of carbonyl (C=O) groups is 1. The molecule has 0 radical (unpaired) electrons. The number of carbonyl (C=O) groups excluding carboxylic acids is 1. The van der Waals surface area contributed by atoms with Crippen molar-refractivity contribution in [1.82, 2.24) is 0 Å². The quantitative estimate of drug-likeness (QED) is 0.247. The van der Waals surface area contributed by atoms with Crippen LogP contribution in [0.5, 0.6) is 5.75 Å². The average molecular weight is 411 g/mol. The second kappa shape index (κ2) is 10.6. The summed E-state index contributed by atoms with van der Waals surface area (Å²) >= 11 is 1.87. The normalized spacial score (nSPS) is 17.8. The van der Waals surface area contributed by atoms with Gasteiger partial charge in [0.25, 0.3) is 0 Å². The Balaban J connectivity index is 1.74. The highest BCUT2D eigenvalue weighted by molar-refractivity contribution is 8.03. The Kier molecular flexibility index (Phi) is 8.42. The van der Waals surface area contributed by atoms with Gasteiger partial charge in [0.2, 0.25) is 0 Å². The Labute approximate surface area is 168 Å². The molecular formula is C22H25F3O2S. The van der Waals surface area contributed by atoms with Gasteiger partial charge < -0.3 is 4.74 Å². The molecule has 0 aromatic heterocycles. The van der Waals surface area contributed by atoms with Crippen LogP contribution in [-0.2, 0) is 0 Å². The lowest BCUT2D eigenvalue weighted by atomic mass is 10.0. The number of ether oxygens (including phenoxy) is 1. The molecule has 0 saturated heterocycles. The van der Waals surface area contributed by atoms with Gasteiger partial charge in [0.05, 0.1) is 0 Å². The van der Waals surface area contributed by atoms with E-state index in [2.05, 4.69) is 36.0 Å². The van der Waals surface area contributed by atoms with E-state index in [0.29, 0.717) is 17.9 Å². The molecule has 1 atom stereocenters. The highest BCUT2D eigenvalue weighted by atomic mass is 32.2. The average Bonchev–Trinajstić information content (AvgIpc) is 3.05. The molecule has 28 heavy (non-hydrogen) atoms. The first kappa shape index (κ1) is 22.3. The minimum absolute atomic E-state index is 0.0716. The van der Waals surface area contributed by atoms with Crippen LogP contribution in [0.15, 0.2) is 59.0 Å². The van der Waals surface area contributed by atoms with Crippen molar-refractivity contribution in [2.75, 3.05) is 5.75 Å². The molecule has 1 aliphatic rings. The molecular weight excluding hydrogens is 385 g/mol. The van der Waals surface area contributed by atoms with E-state index in [4.69, 9.17) is 0 Å². The fourth-order valence-corrected chi connectivity index (χ4v) is 3.87. The van der Waals surface area contributed by atoms with Crippen LogP contribution in [0.2, 0.25) is 0 Å². The van der Waals surface area contributed by atoms with E-state index in [-0.39, 0.29) is 11.5 Å². The van der Waals surface area contributed by atoms with E-state index in [1.54, 1.807) is 0 Å². The van der Waals surface area contributed by atoms with Gasteiger partial charge >= 0.3 is 6.36 Å². The van der Waals surface area contributed by atoms with Crippen LogP contribution in [0.4, 0.5) is 13.2 Å². The van der Waals surface area contributed by atoms with Crippen LogP contribution >= 0.6 is 11.8 Å². The second-order valence-corrected chi connectivity index (χ2v) is 7.85. The van der Waals surface area contributed by atoms with Gasteiger partial charge in [-0.05, 0) is 62.4 Å². The Morgan fingerprint density at radius 1 is 1.21 bits per heavy atom. The lowest BCUT2D eigenvalue weighted by Crippen LogP contribution is -2.17. The third-order valence-corrected chi connectivity index (χ3v) is 5.62. The van der Waals surface area contributed by atoms with E-state index >= 15 is 0 Å². The number of benzene rings is 1. The molecule has 0 amide bonds. The third kappa shape index (κ3) is 7.97. The number of unbranched alkanes of at least 4 members (excludes halogenated alkanes) is 1. The molecule has 6 heteroatoms. The molecule has 1 aliphatic heterocycles. The Bertz CT molecular complexity index is 746. The van der Waals surface area contributed by atoms with Gasteiger partial charge in [-0.1, -0.05) is 30.7 Å². The monoisotopic (exact) mass is 410 g/mol. The molecule has 0 saturated carbocycles. The van der Waals surface area contributed by atoms with Crippen LogP contribution in [0, 0.1) is 5.92 Å². The molecule has 0 fully saturated rings. The smallest absolute Gasteiger partial charge is 0.406 e. The van der Waals surface area contributed by atoms with Crippen LogP contribution in [0.3, 0.4) is 0 Å². The summed E-state index contributed by atoms with van der Waals surface area (Å²) in [5.41, 5.74) is 1.64. The van der Waals surface area contributed by atoms with E-state index in [9.17, 15) is 18.0 Å². The maximum atomic E-state index is 12.2. The van der Waals surface area contributed by atoms with Gasteiger partial charge in [-0.25, -0.2) is 0 Å². The lowest BCUT2D eigenvalue weighted by Gasteiger charge is -2.09. The fourth-order valence-electron chi connectivity index (χ4n) is 2.82. The van der Waals surface area contributed by atoms with Gasteiger partial charge in [0.15, 0.2) is 5.78 Å². The molecule has 0 spiro atoms. The van der Waals surface area contributed by atoms with Crippen molar-refractivity contribution < 1.29 is 22.7 Å². The summed E-state index contributed by atoms with van der Waals surface area (Å²) in [6, 6.07) is 5.08. The minimum Gasteiger partial charge on any atom is -0.406 e. The second-order valence-electron chi connectivity index (χ2n) is 6.76. The topological polar surface area (TPSA) is 26.3 Å². The van der Waals surface area contributed by atoms with Crippen LogP contribution in [0.25, 0.3) is 0 Å². The van der Waals surface area contributed by atoms with Gasteiger partial charge in [0.1, 0.15) is 5.75 Å². The van der Waals surface area contributed by atoms with E-state index in [0.717, 1.165) is 25.0 Å². The predicted octanol–water partition coefficient (Wildman–Crippen LogP) is 7.10. The number of rotatable bonds is 9. The van der Waals surface area contributed by atoms with E-state index in [1.165, 1.54) is 34.7 Å². The van der Waals surface area contributed by atoms with E-state index in [1.807, 2.05) is 18.7 Å². The number of hydrogen-bond acceptors (Lipinski definition) is 3. The summed E-state index contributed by atoms with van der Waals surface area (Å²) in [5, 5.41) is 0. The van der Waals surface area contributed by atoms with Crippen molar-refractivity contribution >= 4 is 17.5 Å². The number of alkyl halides is 3. The summed E-state index contributed by atoms with van der Waals surface area (Å²) in [7, 11) is 0. The Morgan fingerprint density at radius 2 is 1.89 bits per heavy atom. The molecule has 2 nitrogen and oxygen atoms in total. The van der Waals surface area contributed by atoms with E-state index < -0.39 is 6.36 Å². The standard InChI is InChI=1S/C22H25F3O2S/c1-3-17(8-13-20-14-16(2)15-28-20)6-4-5-7-21(26)18-9-11-19(12-10-18)27-22(23,24)25/h3,8-14,16H,4-7,15H2,1-2H3/b13-8+,17-3+. The minimum atomic E-state index is -4.73. The maximum Gasteiger partial charge on any atom is 0.573 e. The highest BCUT2D eigenvalue weighted by Gasteiger charge is 2.31. The zero-order chi connectivity index (χ0) is 20.6. The summed E-state index contributed by atoms with van der Waals surface area (Å²) in [5.74, 6) is 1.37. The number of ketones is 1. The summed E-state index contributed by atoms with van der Waals surface area (Å²) in [6.07, 6.45) is 6.81. The first-order valence-electron chi connectivity index (χ1n) is 9.33. The lowest BCUT2D eigenvalue weighted by molar-refractivity contribution is -0.274. The van der Waals surface area contributed by atoms with Crippen molar-refractivity contribution in [3.63, 3.8) is 0 Å². The number of Topliss-reactive ketones (excluding diaryl/α,β-unsaturated/α-hetero) is 1. The number of allylic oxidation sites excluding steroid dienone is 5. The molecule has 1 aromatic rings. The summed E-state index contributed by atoms with van der Waals surface area (Å²) in [6.45, 7) is 4.21. The summed E-state index contributed by atoms with van der Waals surface area (Å²) < 4.78 is 40.3. The van der Waals surface area contributed by atoms with Crippen LogP contribution in [-0.4, -0.2) is 17.9 Å². The van der Waals surface area contributed by atoms with Gasteiger partial charge in [0, 0.05) is 22.6 Å². The van der Waals surface area contributed by atoms with Crippen LogP contribution < -0.4 is 4.74 Å². The molecule has 0 aliphatic carbocycles. The van der Waals surface area contributed by atoms with Crippen molar-refractivity contribution in [2.24, 2.45) is 5.92 Å². The predicted molar refractivity (Wildman–Crippen MR) is 109 cm³/mol. The molecule has 0 bridgehead atoms. The molecule has 2 rings (SSSR count). The van der Waals surface area contributed by atoms with Crippen molar-refractivity contribution in [1.29, 1.82) is 0 Å². The number of halogens is 3. The molecule has 1 unspecified atom stereocenters. The van der Waals surface area contributed by atoms with Gasteiger partial charge in [-0.15, -0.1) is 24.9 Å². The molecule has 1 heterocycles. The third-order valence-electron chi connectivity index (χ3n) is 4.32. The fraction of sp³-hybridized carbons (Fsp3) is 0.409. The largest absolute Gasteiger partial charge is 0.573 e. The number of hydrogen-bond donors (Lipinski definition) is 0. The van der Waals surface area contributed by atoms with Crippen molar-refractivity contribution in [3.05, 3.63) is 64.6 Å². The molecule has 1 aromatic carbocycles. The zero-order valence-electron chi connectivity index (χ0n) is 16.1. The van der Waals surface area contributed by atoms with Crippen LogP contribution in [0.1, 0.15) is 49.9 Å². The van der Waals surface area contributed by atoms with Gasteiger partial charge in [-0.2, -0.15) is 0 Å². The SMILES string of the molecule is C/C=C(/C=C/C1=CC(C)CS1)CCCCC(=O)c1ccc(OC(F)(F)F)cc1. The highest BCUT2D eigenvalue weighted by Crippen LogP contribution is 2.30.